The highest BCUT2D eigenvalue weighted by Gasteiger charge is 2.18. The number of nitriles is 1. The summed E-state index contributed by atoms with van der Waals surface area (Å²) in [6, 6.07) is 19.8. The molecule has 0 fully saturated rings. The van der Waals surface area contributed by atoms with Crippen molar-refractivity contribution in [2.45, 2.75) is 5.22 Å². The van der Waals surface area contributed by atoms with E-state index in [1.165, 1.54) is 6.08 Å². The highest BCUT2D eigenvalue weighted by molar-refractivity contribution is 8.03. The summed E-state index contributed by atoms with van der Waals surface area (Å²) in [5.74, 6) is -0.519. The van der Waals surface area contributed by atoms with Gasteiger partial charge in [0.2, 0.25) is 5.89 Å². The van der Waals surface area contributed by atoms with Crippen molar-refractivity contribution in [3.8, 4) is 23.3 Å². The third-order valence-corrected chi connectivity index (χ3v) is 5.51. The standard InChI is InChI=1S/C23H14ClN3O4S/c24-16-8-5-15(6-9-16)21-26-27-23(31-21)32-20(22(28)29)13-18-17-4-2-1-3-14(17)7-10-19(18)30-12-11-25/h1-10,13H,12H2,(H,28,29)/b20-13-. The van der Waals surface area contributed by atoms with E-state index in [9.17, 15) is 9.90 Å². The van der Waals surface area contributed by atoms with Crippen LogP contribution in [0.15, 0.2) is 75.2 Å². The average Bonchev–Trinajstić information content (AvgIpc) is 3.27. The molecule has 0 aliphatic rings. The highest BCUT2D eigenvalue weighted by Crippen LogP contribution is 2.35. The van der Waals surface area contributed by atoms with Crippen LogP contribution in [-0.2, 0) is 4.79 Å². The summed E-state index contributed by atoms with van der Waals surface area (Å²) < 4.78 is 11.2. The minimum absolute atomic E-state index is 0.0468. The molecule has 0 amide bonds. The Labute approximate surface area is 191 Å². The second-order valence-electron chi connectivity index (χ2n) is 6.44. The van der Waals surface area contributed by atoms with Crippen LogP contribution in [0.3, 0.4) is 0 Å². The Morgan fingerprint density at radius 1 is 1.16 bits per heavy atom. The summed E-state index contributed by atoms with van der Waals surface area (Å²) in [7, 11) is 0. The van der Waals surface area contributed by atoms with Crippen molar-refractivity contribution in [3.05, 3.63) is 76.2 Å². The number of hydrogen-bond acceptors (Lipinski definition) is 7. The van der Waals surface area contributed by atoms with E-state index in [1.54, 1.807) is 30.3 Å². The third kappa shape index (κ3) is 4.75. The molecule has 0 saturated carbocycles. The zero-order chi connectivity index (χ0) is 22.5. The van der Waals surface area contributed by atoms with Crippen LogP contribution in [-0.4, -0.2) is 27.9 Å². The predicted octanol–water partition coefficient (Wildman–Crippen LogP) is 5.66. The molecule has 0 atom stereocenters. The first kappa shape index (κ1) is 21.4. The molecular weight excluding hydrogens is 450 g/mol. The summed E-state index contributed by atoms with van der Waals surface area (Å²) >= 11 is 6.73. The summed E-state index contributed by atoms with van der Waals surface area (Å²) in [6.45, 7) is -0.164. The molecule has 4 aromatic rings. The van der Waals surface area contributed by atoms with Crippen molar-refractivity contribution in [3.63, 3.8) is 0 Å². The number of hydrogen-bond donors (Lipinski definition) is 1. The first-order chi connectivity index (χ1) is 15.5. The molecule has 3 aromatic carbocycles. The largest absolute Gasteiger partial charge is 0.478 e. The van der Waals surface area contributed by atoms with Crippen LogP contribution < -0.4 is 4.74 Å². The van der Waals surface area contributed by atoms with Crippen LogP contribution in [0.4, 0.5) is 0 Å². The van der Waals surface area contributed by atoms with Crippen molar-refractivity contribution in [1.82, 2.24) is 10.2 Å². The fraction of sp³-hybridized carbons (Fsp3) is 0.0435. The molecule has 0 radical (unpaired) electrons. The van der Waals surface area contributed by atoms with Gasteiger partial charge < -0.3 is 14.3 Å². The Morgan fingerprint density at radius 2 is 1.94 bits per heavy atom. The van der Waals surface area contributed by atoms with Gasteiger partial charge in [-0.05, 0) is 58.9 Å². The van der Waals surface area contributed by atoms with Crippen LogP contribution in [0.5, 0.6) is 5.75 Å². The van der Waals surface area contributed by atoms with Crippen molar-refractivity contribution >= 4 is 46.2 Å². The Balaban J connectivity index is 1.71. The minimum atomic E-state index is -1.17. The van der Waals surface area contributed by atoms with E-state index in [0.717, 1.165) is 22.5 Å². The van der Waals surface area contributed by atoms with Crippen molar-refractivity contribution in [2.24, 2.45) is 0 Å². The summed E-state index contributed by atoms with van der Waals surface area (Å²) in [5, 5.41) is 29.0. The molecule has 32 heavy (non-hydrogen) atoms. The molecule has 0 bridgehead atoms. The lowest BCUT2D eigenvalue weighted by Crippen LogP contribution is -2.00. The molecule has 0 unspecified atom stereocenters. The summed E-state index contributed by atoms with van der Waals surface area (Å²) in [4.78, 5) is 12.0. The molecule has 0 saturated heterocycles. The summed E-state index contributed by atoms with van der Waals surface area (Å²) in [6.07, 6.45) is 1.48. The lowest BCUT2D eigenvalue weighted by molar-refractivity contribution is -0.131. The van der Waals surface area contributed by atoms with E-state index < -0.39 is 5.97 Å². The van der Waals surface area contributed by atoms with Crippen molar-refractivity contribution in [1.29, 1.82) is 5.26 Å². The van der Waals surface area contributed by atoms with E-state index in [0.29, 0.717) is 21.9 Å². The highest BCUT2D eigenvalue weighted by atomic mass is 35.5. The maximum atomic E-state index is 12.0. The Morgan fingerprint density at radius 3 is 2.69 bits per heavy atom. The SMILES string of the molecule is N#CCOc1ccc2ccccc2c1/C=C(\Sc1nnc(-c2ccc(Cl)cc2)o1)C(=O)O. The number of aromatic nitrogens is 2. The van der Waals surface area contributed by atoms with Gasteiger partial charge in [-0.2, -0.15) is 5.26 Å². The Hall–Kier alpha value is -3.80. The number of rotatable bonds is 7. The number of benzene rings is 3. The Kier molecular flexibility index (Phi) is 6.40. The maximum Gasteiger partial charge on any atom is 0.342 e. The van der Waals surface area contributed by atoms with Gasteiger partial charge in [0.25, 0.3) is 5.22 Å². The molecule has 0 aliphatic heterocycles. The zero-order valence-electron chi connectivity index (χ0n) is 16.4. The smallest absolute Gasteiger partial charge is 0.342 e. The number of carbonyl (C=O) groups is 1. The van der Waals surface area contributed by atoms with Crippen molar-refractivity contribution in [2.75, 3.05) is 6.61 Å². The number of aliphatic carboxylic acids is 1. The van der Waals surface area contributed by atoms with Crippen LogP contribution in [0, 0.1) is 11.3 Å². The van der Waals surface area contributed by atoms with Crippen LogP contribution in [0.25, 0.3) is 28.3 Å². The third-order valence-electron chi connectivity index (χ3n) is 4.40. The zero-order valence-corrected chi connectivity index (χ0v) is 17.9. The number of ether oxygens (including phenoxy) is 1. The van der Waals surface area contributed by atoms with Gasteiger partial charge >= 0.3 is 5.97 Å². The number of halogens is 1. The Bertz CT molecular complexity index is 1360. The number of carboxylic acid groups (broad SMARTS) is 1. The number of fused-ring (bicyclic) bond motifs is 1. The average molecular weight is 464 g/mol. The molecule has 9 heteroatoms. The van der Waals surface area contributed by atoms with Gasteiger partial charge in [-0.3, -0.25) is 0 Å². The number of nitrogens with zero attached hydrogens (tertiary/aromatic N) is 3. The van der Waals surface area contributed by atoms with E-state index in [2.05, 4.69) is 10.2 Å². The van der Waals surface area contributed by atoms with Gasteiger partial charge in [0.05, 0.1) is 0 Å². The molecule has 1 aromatic heterocycles. The normalized spacial score (nSPS) is 11.3. The minimum Gasteiger partial charge on any atom is -0.478 e. The van der Waals surface area contributed by atoms with E-state index in [1.807, 2.05) is 36.4 Å². The van der Waals surface area contributed by atoms with Gasteiger partial charge in [0, 0.05) is 16.1 Å². The second kappa shape index (κ2) is 9.56. The van der Waals surface area contributed by atoms with Crippen LogP contribution in [0.1, 0.15) is 5.56 Å². The topological polar surface area (TPSA) is 109 Å². The first-order valence-corrected chi connectivity index (χ1v) is 10.5. The quantitative estimate of drug-likeness (QED) is 0.276. The van der Waals surface area contributed by atoms with Gasteiger partial charge in [0.15, 0.2) is 6.61 Å². The summed E-state index contributed by atoms with van der Waals surface area (Å²) in [5.41, 5.74) is 1.21. The molecule has 1 heterocycles. The number of thioether (sulfide) groups is 1. The van der Waals surface area contributed by atoms with Gasteiger partial charge in [-0.1, -0.05) is 41.9 Å². The second-order valence-corrected chi connectivity index (χ2v) is 7.87. The van der Waals surface area contributed by atoms with Crippen molar-refractivity contribution < 1.29 is 19.1 Å². The first-order valence-electron chi connectivity index (χ1n) is 9.29. The van der Waals surface area contributed by atoms with Crippen LogP contribution in [0.2, 0.25) is 5.02 Å². The molecule has 4 rings (SSSR count). The molecular formula is C23H14ClN3O4S. The maximum absolute atomic E-state index is 12.0. The molecule has 158 valence electrons. The molecule has 0 spiro atoms. The van der Waals surface area contributed by atoms with Gasteiger partial charge in [0.1, 0.15) is 16.7 Å². The predicted molar refractivity (Wildman–Crippen MR) is 121 cm³/mol. The van der Waals surface area contributed by atoms with E-state index >= 15 is 0 Å². The van der Waals surface area contributed by atoms with E-state index in [-0.39, 0.29) is 22.6 Å². The lowest BCUT2D eigenvalue weighted by Gasteiger charge is -2.11. The molecule has 0 aliphatic carbocycles. The van der Waals surface area contributed by atoms with E-state index in [4.69, 9.17) is 26.0 Å². The van der Waals surface area contributed by atoms with Crippen LogP contribution >= 0.6 is 23.4 Å². The fourth-order valence-electron chi connectivity index (χ4n) is 2.98. The molecule has 1 N–H and O–H groups in total. The van der Waals surface area contributed by atoms with Gasteiger partial charge in [-0.25, -0.2) is 4.79 Å². The molecule has 7 nitrogen and oxygen atoms in total. The fourth-order valence-corrected chi connectivity index (χ4v) is 3.76. The number of carboxylic acids is 1. The monoisotopic (exact) mass is 463 g/mol. The van der Waals surface area contributed by atoms with Gasteiger partial charge in [-0.15, -0.1) is 10.2 Å². The lowest BCUT2D eigenvalue weighted by atomic mass is 10.0.